The Morgan fingerprint density at radius 2 is 2.12 bits per heavy atom. The number of piperidine rings is 1. The lowest BCUT2D eigenvalue weighted by molar-refractivity contribution is -0.174. The van der Waals surface area contributed by atoms with Gasteiger partial charge in [0.05, 0.1) is 6.61 Å². The predicted molar refractivity (Wildman–Crippen MR) is 93.1 cm³/mol. The molecule has 25 heavy (non-hydrogen) atoms. The van der Waals surface area contributed by atoms with Gasteiger partial charge in [-0.3, -0.25) is 14.7 Å². The third-order valence-electron chi connectivity index (χ3n) is 6.45. The first-order chi connectivity index (χ1) is 12.1. The second-order valence-corrected chi connectivity index (χ2v) is 7.59. The van der Waals surface area contributed by atoms with E-state index in [4.69, 9.17) is 15.2 Å². The molecule has 0 radical (unpaired) electrons. The van der Waals surface area contributed by atoms with Crippen molar-refractivity contribution >= 4 is 5.91 Å². The molecule has 3 atom stereocenters. The van der Waals surface area contributed by atoms with Gasteiger partial charge in [0.2, 0.25) is 0 Å². The van der Waals surface area contributed by atoms with Crippen LogP contribution in [0, 0.1) is 11.8 Å². The zero-order valence-corrected chi connectivity index (χ0v) is 14.8. The minimum Gasteiger partial charge on any atom is -0.380 e. The quantitative estimate of drug-likeness (QED) is 0.896. The van der Waals surface area contributed by atoms with Crippen molar-refractivity contribution in [3.05, 3.63) is 29.6 Å². The third kappa shape index (κ3) is 2.76. The summed E-state index contributed by atoms with van der Waals surface area (Å²) in [7, 11) is 1.81. The van der Waals surface area contributed by atoms with E-state index in [9.17, 15) is 4.79 Å². The molecule has 6 nitrogen and oxygen atoms in total. The molecule has 2 saturated heterocycles. The number of aromatic nitrogens is 1. The van der Waals surface area contributed by atoms with Crippen molar-refractivity contribution in [2.24, 2.45) is 17.6 Å². The molecular weight excluding hydrogens is 318 g/mol. The monoisotopic (exact) mass is 345 g/mol. The van der Waals surface area contributed by atoms with Crippen LogP contribution >= 0.6 is 0 Å². The molecule has 1 amide bonds. The van der Waals surface area contributed by atoms with Crippen molar-refractivity contribution in [1.29, 1.82) is 0 Å². The summed E-state index contributed by atoms with van der Waals surface area (Å²) >= 11 is 0. The molecule has 2 bridgehead atoms. The minimum atomic E-state index is -0.487. The predicted octanol–water partition coefficient (Wildman–Crippen LogP) is 1.54. The second kappa shape index (κ2) is 6.67. The number of primary amides is 1. The number of nitrogens with zero attached hydrogens (tertiary/aromatic N) is 2. The van der Waals surface area contributed by atoms with Crippen molar-refractivity contribution in [2.75, 3.05) is 33.4 Å². The average molecular weight is 345 g/mol. The molecule has 3 heterocycles. The lowest BCUT2D eigenvalue weighted by Gasteiger charge is -2.56. The summed E-state index contributed by atoms with van der Waals surface area (Å²) in [6.45, 7) is 3.76. The molecule has 2 N–H and O–H groups in total. The molecule has 2 aliphatic heterocycles. The van der Waals surface area contributed by atoms with Crippen molar-refractivity contribution in [3.8, 4) is 0 Å². The summed E-state index contributed by atoms with van der Waals surface area (Å²) in [6.07, 6.45) is 6.33. The standard InChI is InChI=1S/C19H27N3O3/c1-24-19(13-5-7-21-17(9-13)18(20)23)14-3-2-4-15(19)11-22(10-14)16-6-8-25-12-16/h5,7,9,14-16H,2-4,6,8,10-12H2,1H3,(H2,20,23). The Hall–Kier alpha value is -1.50. The molecule has 136 valence electrons. The summed E-state index contributed by atoms with van der Waals surface area (Å²) < 4.78 is 11.8. The lowest BCUT2D eigenvalue weighted by atomic mass is 9.62. The van der Waals surface area contributed by atoms with Crippen LogP contribution in [0.4, 0.5) is 0 Å². The first-order valence-electron chi connectivity index (χ1n) is 9.28. The highest BCUT2D eigenvalue weighted by atomic mass is 16.5. The Morgan fingerprint density at radius 3 is 2.72 bits per heavy atom. The van der Waals surface area contributed by atoms with Crippen LogP contribution in [0.3, 0.4) is 0 Å². The van der Waals surface area contributed by atoms with Crippen molar-refractivity contribution in [2.45, 2.75) is 37.3 Å². The molecule has 3 unspecified atom stereocenters. The summed E-state index contributed by atoms with van der Waals surface area (Å²) in [5, 5.41) is 0. The maximum absolute atomic E-state index is 11.6. The SMILES string of the molecule is COC1(c2ccnc(C(N)=O)c2)C2CCCC1CN(C1CCOC1)C2. The number of nitrogens with two attached hydrogens (primary N) is 1. The number of pyridine rings is 1. The molecule has 1 aromatic heterocycles. The summed E-state index contributed by atoms with van der Waals surface area (Å²) in [4.78, 5) is 18.3. The Bertz CT molecular complexity index is 631. The van der Waals surface area contributed by atoms with Crippen molar-refractivity contribution < 1.29 is 14.3 Å². The number of amides is 1. The minimum absolute atomic E-state index is 0.318. The van der Waals surface area contributed by atoms with E-state index in [0.29, 0.717) is 23.6 Å². The van der Waals surface area contributed by atoms with Crippen molar-refractivity contribution in [3.63, 3.8) is 0 Å². The van der Waals surface area contributed by atoms with E-state index < -0.39 is 5.91 Å². The van der Waals surface area contributed by atoms with Crippen molar-refractivity contribution in [1.82, 2.24) is 9.88 Å². The van der Waals surface area contributed by atoms with Crippen LogP contribution in [-0.4, -0.2) is 55.2 Å². The van der Waals surface area contributed by atoms with Crippen LogP contribution in [0.5, 0.6) is 0 Å². The van der Waals surface area contributed by atoms with Crippen LogP contribution in [-0.2, 0) is 15.1 Å². The number of methoxy groups -OCH3 is 1. The van der Waals surface area contributed by atoms with E-state index in [2.05, 4.69) is 9.88 Å². The molecule has 0 aromatic carbocycles. The Morgan fingerprint density at radius 1 is 1.36 bits per heavy atom. The summed E-state index contributed by atoms with van der Waals surface area (Å²) in [5.74, 6) is 0.334. The smallest absolute Gasteiger partial charge is 0.267 e. The van der Waals surface area contributed by atoms with Gasteiger partial charge in [0.1, 0.15) is 11.3 Å². The Kier molecular flexibility index (Phi) is 4.52. The fraction of sp³-hybridized carbons (Fsp3) is 0.684. The van der Waals surface area contributed by atoms with Gasteiger partial charge in [-0.2, -0.15) is 0 Å². The topological polar surface area (TPSA) is 77.7 Å². The molecule has 0 spiro atoms. The van der Waals surface area contributed by atoms with Crippen LogP contribution in [0.2, 0.25) is 0 Å². The number of hydrogen-bond acceptors (Lipinski definition) is 5. The van der Waals surface area contributed by atoms with E-state index in [1.807, 2.05) is 19.2 Å². The highest BCUT2D eigenvalue weighted by Gasteiger charge is 2.54. The Balaban J connectivity index is 1.69. The maximum atomic E-state index is 11.6. The largest absolute Gasteiger partial charge is 0.380 e. The molecular formula is C19H27N3O3. The molecule has 6 heteroatoms. The number of carbonyl (C=O) groups excluding carboxylic acids is 1. The van der Waals surface area contributed by atoms with Gasteiger partial charge in [-0.05, 0) is 37.0 Å². The fourth-order valence-corrected chi connectivity index (χ4v) is 5.31. The molecule has 3 aliphatic rings. The number of ether oxygens (including phenoxy) is 2. The molecule has 1 saturated carbocycles. The fourth-order valence-electron chi connectivity index (χ4n) is 5.31. The lowest BCUT2D eigenvalue weighted by Crippen LogP contribution is -2.61. The van der Waals surface area contributed by atoms with Gasteiger partial charge in [-0.1, -0.05) is 6.42 Å². The Labute approximate surface area is 148 Å². The summed E-state index contributed by atoms with van der Waals surface area (Å²) in [6, 6.07) is 4.37. The van der Waals surface area contributed by atoms with Gasteiger partial charge in [-0.15, -0.1) is 0 Å². The van der Waals surface area contributed by atoms with Crippen LogP contribution < -0.4 is 5.73 Å². The number of rotatable bonds is 4. The normalized spacial score (nSPS) is 35.6. The van der Waals surface area contributed by atoms with Gasteiger partial charge < -0.3 is 15.2 Å². The molecule has 1 aromatic rings. The number of hydrogen-bond donors (Lipinski definition) is 1. The van der Waals surface area contributed by atoms with E-state index >= 15 is 0 Å². The van der Waals surface area contributed by atoms with Gasteiger partial charge in [-0.25, -0.2) is 0 Å². The summed E-state index contributed by atoms with van der Waals surface area (Å²) in [5.41, 5.74) is 6.48. The maximum Gasteiger partial charge on any atom is 0.267 e. The zero-order chi connectivity index (χ0) is 17.4. The first kappa shape index (κ1) is 16.9. The van der Waals surface area contributed by atoms with Gasteiger partial charge >= 0.3 is 0 Å². The second-order valence-electron chi connectivity index (χ2n) is 7.59. The number of likely N-dealkylation sites (tertiary alicyclic amines) is 1. The highest BCUT2D eigenvalue weighted by Crippen LogP contribution is 2.52. The van der Waals surface area contributed by atoms with Crippen LogP contribution in [0.15, 0.2) is 18.3 Å². The average Bonchev–Trinajstić information content (AvgIpc) is 3.15. The zero-order valence-electron chi connectivity index (χ0n) is 14.8. The molecule has 1 aliphatic carbocycles. The van der Waals surface area contributed by atoms with E-state index in [1.54, 1.807) is 6.20 Å². The van der Waals surface area contributed by atoms with Crippen LogP contribution in [0.25, 0.3) is 0 Å². The first-order valence-corrected chi connectivity index (χ1v) is 9.28. The van der Waals surface area contributed by atoms with Gasteiger partial charge in [0, 0.05) is 50.9 Å². The van der Waals surface area contributed by atoms with E-state index in [-0.39, 0.29) is 5.60 Å². The van der Waals surface area contributed by atoms with E-state index in [0.717, 1.165) is 51.1 Å². The van der Waals surface area contributed by atoms with Gasteiger partial charge in [0.25, 0.3) is 5.91 Å². The van der Waals surface area contributed by atoms with Crippen LogP contribution in [0.1, 0.15) is 41.7 Å². The van der Waals surface area contributed by atoms with E-state index in [1.165, 1.54) is 6.42 Å². The number of fused-ring (bicyclic) bond motifs is 2. The van der Waals surface area contributed by atoms with Gasteiger partial charge in [0.15, 0.2) is 0 Å². The number of carbonyl (C=O) groups is 1. The molecule has 3 fully saturated rings. The third-order valence-corrected chi connectivity index (χ3v) is 6.45. The molecule has 4 rings (SSSR count). The highest BCUT2D eigenvalue weighted by molar-refractivity contribution is 5.90.